The fourth-order valence-corrected chi connectivity index (χ4v) is 0.893. The molecule has 1 unspecified atom stereocenters. The molecule has 0 aromatic carbocycles. The molecule has 1 nitrogen and oxygen atoms in total. The van der Waals surface area contributed by atoms with Crippen molar-refractivity contribution >= 4 is 6.29 Å². The normalized spacial score (nSPS) is 27.9. The topological polar surface area (TPSA) is 17.1 Å². The fraction of sp³-hybridized carbons (Fsp3) is 0.375. The smallest absolute Gasteiger partial charge is 0.272 e. The Hall–Kier alpha value is -0.990. The minimum absolute atomic E-state index is 0.323. The van der Waals surface area contributed by atoms with Crippen molar-refractivity contribution in [1.82, 2.24) is 0 Å². The molecule has 0 N–H and O–H groups in total. The van der Waals surface area contributed by atoms with E-state index in [2.05, 4.69) is 0 Å². The monoisotopic (exact) mass is 158 g/mol. The van der Waals surface area contributed by atoms with Gasteiger partial charge in [-0.05, 0) is 6.08 Å². The van der Waals surface area contributed by atoms with Crippen LogP contribution in [-0.4, -0.2) is 12.2 Å². The number of carbonyl (C=O) groups is 1. The summed E-state index contributed by atoms with van der Waals surface area (Å²) in [5.74, 6) is -3.68. The molecule has 1 rings (SSSR count). The zero-order valence-corrected chi connectivity index (χ0v) is 6.05. The van der Waals surface area contributed by atoms with E-state index < -0.39 is 11.8 Å². The Bertz CT molecular complexity index is 228. The van der Waals surface area contributed by atoms with Gasteiger partial charge in [0.1, 0.15) is 6.29 Å². The molecule has 0 saturated heterocycles. The molecule has 60 valence electrons. The lowest BCUT2D eigenvalue weighted by molar-refractivity contribution is -0.104. The summed E-state index contributed by atoms with van der Waals surface area (Å²) >= 11 is 0. The van der Waals surface area contributed by atoms with Crippen LogP contribution in [0.25, 0.3) is 0 Å². The van der Waals surface area contributed by atoms with Gasteiger partial charge in [0.2, 0.25) is 0 Å². The maximum Gasteiger partial charge on any atom is 0.272 e. The fourth-order valence-electron chi connectivity index (χ4n) is 0.893. The standard InChI is InChI=1S/C8H8F2O/c1-6-4-7(5-11)2-3-8(6,9)10/h2-6H,1H3. The van der Waals surface area contributed by atoms with Gasteiger partial charge in [-0.15, -0.1) is 0 Å². The molecule has 0 saturated carbocycles. The van der Waals surface area contributed by atoms with E-state index in [4.69, 9.17) is 0 Å². The first kappa shape index (κ1) is 8.11. The van der Waals surface area contributed by atoms with Crippen LogP contribution in [0.5, 0.6) is 0 Å². The highest BCUT2D eigenvalue weighted by atomic mass is 19.3. The van der Waals surface area contributed by atoms with Crippen LogP contribution in [0.2, 0.25) is 0 Å². The molecular weight excluding hydrogens is 150 g/mol. The third-order valence-corrected chi connectivity index (χ3v) is 1.68. The molecule has 0 aliphatic heterocycles. The van der Waals surface area contributed by atoms with Crippen molar-refractivity contribution in [2.24, 2.45) is 5.92 Å². The van der Waals surface area contributed by atoms with Gasteiger partial charge in [0, 0.05) is 11.5 Å². The van der Waals surface area contributed by atoms with Crippen LogP contribution in [0.15, 0.2) is 23.8 Å². The third kappa shape index (κ3) is 1.53. The van der Waals surface area contributed by atoms with Gasteiger partial charge in [-0.1, -0.05) is 19.1 Å². The van der Waals surface area contributed by atoms with E-state index >= 15 is 0 Å². The maximum atomic E-state index is 12.7. The van der Waals surface area contributed by atoms with Gasteiger partial charge in [0.15, 0.2) is 0 Å². The van der Waals surface area contributed by atoms with Crippen molar-refractivity contribution in [3.8, 4) is 0 Å². The van der Waals surface area contributed by atoms with Gasteiger partial charge in [0.05, 0.1) is 0 Å². The number of rotatable bonds is 1. The maximum absolute atomic E-state index is 12.7. The van der Waals surface area contributed by atoms with Crippen molar-refractivity contribution in [2.45, 2.75) is 12.8 Å². The van der Waals surface area contributed by atoms with E-state index in [1.54, 1.807) is 0 Å². The van der Waals surface area contributed by atoms with Crippen LogP contribution in [0.1, 0.15) is 6.92 Å². The highest BCUT2D eigenvalue weighted by molar-refractivity contribution is 5.78. The Morgan fingerprint density at radius 1 is 1.64 bits per heavy atom. The number of carbonyl (C=O) groups excluding carboxylic acids is 1. The molecule has 1 aliphatic carbocycles. The summed E-state index contributed by atoms with van der Waals surface area (Å²) in [7, 11) is 0. The predicted molar refractivity (Wildman–Crippen MR) is 37.4 cm³/mol. The Morgan fingerprint density at radius 3 is 2.73 bits per heavy atom. The number of aldehydes is 1. The Kier molecular flexibility index (Phi) is 1.89. The van der Waals surface area contributed by atoms with E-state index in [1.165, 1.54) is 13.0 Å². The average molecular weight is 158 g/mol. The second-order valence-electron chi connectivity index (χ2n) is 2.58. The quantitative estimate of drug-likeness (QED) is 0.533. The van der Waals surface area contributed by atoms with Gasteiger partial charge < -0.3 is 0 Å². The van der Waals surface area contributed by atoms with E-state index in [1.807, 2.05) is 0 Å². The zero-order chi connectivity index (χ0) is 8.48. The summed E-state index contributed by atoms with van der Waals surface area (Å²) in [6.07, 6.45) is 3.75. The van der Waals surface area contributed by atoms with Gasteiger partial charge >= 0.3 is 0 Å². The van der Waals surface area contributed by atoms with Crippen LogP contribution in [-0.2, 0) is 4.79 Å². The van der Waals surface area contributed by atoms with E-state index in [0.717, 1.165) is 12.2 Å². The lowest BCUT2D eigenvalue weighted by atomic mass is 9.95. The predicted octanol–water partition coefficient (Wildman–Crippen LogP) is 1.95. The van der Waals surface area contributed by atoms with Gasteiger partial charge in [-0.25, -0.2) is 8.78 Å². The van der Waals surface area contributed by atoms with Crippen LogP contribution < -0.4 is 0 Å². The second-order valence-corrected chi connectivity index (χ2v) is 2.58. The minimum Gasteiger partial charge on any atom is -0.298 e. The largest absolute Gasteiger partial charge is 0.298 e. The molecule has 0 amide bonds. The molecule has 0 spiro atoms. The number of halogens is 2. The Morgan fingerprint density at radius 2 is 2.27 bits per heavy atom. The number of hydrogen-bond donors (Lipinski definition) is 0. The lowest BCUT2D eigenvalue weighted by Gasteiger charge is -2.20. The minimum atomic E-state index is -2.80. The highest BCUT2D eigenvalue weighted by Crippen LogP contribution is 2.31. The Balaban J connectivity index is 2.88. The van der Waals surface area contributed by atoms with Crippen molar-refractivity contribution in [3.05, 3.63) is 23.8 Å². The van der Waals surface area contributed by atoms with E-state index in [9.17, 15) is 13.6 Å². The SMILES string of the molecule is CC1C=C(C=O)C=CC1(F)F. The first-order valence-electron chi connectivity index (χ1n) is 3.30. The zero-order valence-electron chi connectivity index (χ0n) is 6.05. The first-order chi connectivity index (χ1) is 5.06. The van der Waals surface area contributed by atoms with Crippen LogP contribution in [0, 0.1) is 5.92 Å². The van der Waals surface area contributed by atoms with Crippen molar-refractivity contribution in [1.29, 1.82) is 0 Å². The van der Waals surface area contributed by atoms with Crippen LogP contribution in [0.3, 0.4) is 0 Å². The second kappa shape index (κ2) is 2.57. The van der Waals surface area contributed by atoms with Gasteiger partial charge in [0.25, 0.3) is 5.92 Å². The first-order valence-corrected chi connectivity index (χ1v) is 3.30. The van der Waals surface area contributed by atoms with Crippen molar-refractivity contribution in [2.75, 3.05) is 0 Å². The summed E-state index contributed by atoms with van der Waals surface area (Å²) in [5, 5.41) is 0. The summed E-state index contributed by atoms with van der Waals surface area (Å²) in [4.78, 5) is 10.2. The summed E-state index contributed by atoms with van der Waals surface area (Å²) < 4.78 is 25.3. The van der Waals surface area contributed by atoms with Gasteiger partial charge in [-0.2, -0.15) is 0 Å². The Labute approximate surface area is 63.4 Å². The van der Waals surface area contributed by atoms with Crippen LogP contribution >= 0.6 is 0 Å². The third-order valence-electron chi connectivity index (χ3n) is 1.68. The van der Waals surface area contributed by atoms with Crippen molar-refractivity contribution in [3.63, 3.8) is 0 Å². The van der Waals surface area contributed by atoms with E-state index in [-0.39, 0.29) is 0 Å². The molecule has 0 aromatic rings. The highest BCUT2D eigenvalue weighted by Gasteiger charge is 2.33. The molecule has 3 heteroatoms. The molecular formula is C8H8F2O. The molecule has 0 fully saturated rings. The summed E-state index contributed by atoms with van der Waals surface area (Å²) in [5.41, 5.74) is 0.323. The van der Waals surface area contributed by atoms with Crippen LogP contribution in [0.4, 0.5) is 8.78 Å². The molecule has 0 radical (unpaired) electrons. The van der Waals surface area contributed by atoms with E-state index in [0.29, 0.717) is 11.9 Å². The average Bonchev–Trinajstić information content (AvgIpc) is 1.95. The molecule has 1 aliphatic rings. The lowest BCUT2D eigenvalue weighted by Crippen LogP contribution is -2.24. The number of alkyl halides is 2. The number of hydrogen-bond acceptors (Lipinski definition) is 1. The summed E-state index contributed by atoms with van der Waals surface area (Å²) in [6.45, 7) is 1.38. The van der Waals surface area contributed by atoms with Gasteiger partial charge in [-0.3, -0.25) is 4.79 Å². The molecule has 11 heavy (non-hydrogen) atoms. The molecule has 0 heterocycles. The van der Waals surface area contributed by atoms with Crippen molar-refractivity contribution < 1.29 is 13.6 Å². The molecule has 0 bridgehead atoms. The molecule has 0 aromatic heterocycles. The summed E-state index contributed by atoms with van der Waals surface area (Å²) in [6, 6.07) is 0. The molecule has 1 atom stereocenters. The number of allylic oxidation sites excluding steroid dienone is 4.